The van der Waals surface area contributed by atoms with E-state index < -0.39 is 30.5 Å². The number of amides is 3. The van der Waals surface area contributed by atoms with Crippen molar-refractivity contribution in [1.29, 1.82) is 0 Å². The number of esters is 1. The van der Waals surface area contributed by atoms with Crippen LogP contribution in [0.3, 0.4) is 0 Å². The van der Waals surface area contributed by atoms with Crippen LogP contribution < -0.4 is 4.57 Å². The van der Waals surface area contributed by atoms with Crippen LogP contribution >= 0.6 is 0 Å². The molecule has 9 nitrogen and oxygen atoms in total. The van der Waals surface area contributed by atoms with Crippen molar-refractivity contribution in [2.24, 2.45) is 4.99 Å². The average Bonchev–Trinajstić information content (AvgIpc) is 3.09. The molecule has 3 amide bonds. The number of methoxy groups -OCH3 is 1. The van der Waals surface area contributed by atoms with Crippen molar-refractivity contribution in [1.82, 2.24) is 14.4 Å². The van der Waals surface area contributed by atoms with Crippen LogP contribution in [0, 0.1) is 13.8 Å². The first-order valence-electron chi connectivity index (χ1n) is 7.80. The first-order chi connectivity index (χ1) is 11.8. The molecule has 1 fully saturated rings. The number of ether oxygens (including phenoxy) is 1. The standard InChI is InChI=1S/C16H20N5O4/c1-6-7-19-9(2)10(3)21-12-13(17-15(19)21)18(4)16(24)20(14(12)23)8-11(22)25-5/h6,12H,1,7-8H2,2-5H3/q+1. The van der Waals surface area contributed by atoms with E-state index in [0.717, 1.165) is 16.3 Å². The summed E-state index contributed by atoms with van der Waals surface area (Å²) in [6, 6.07) is -1.37. The molecule has 0 spiro atoms. The highest BCUT2D eigenvalue weighted by atomic mass is 16.5. The number of imide groups is 1. The summed E-state index contributed by atoms with van der Waals surface area (Å²) < 4.78 is 8.32. The van der Waals surface area contributed by atoms with Crippen LogP contribution in [-0.4, -0.2) is 58.8 Å². The Hall–Kier alpha value is -2.97. The summed E-state index contributed by atoms with van der Waals surface area (Å²) in [6.45, 7) is 7.69. The molecular formula is C16H20N5O4+. The molecule has 132 valence electrons. The molecule has 0 N–H and O–H groups in total. The van der Waals surface area contributed by atoms with Crippen LogP contribution in [-0.2, 0) is 20.9 Å². The number of aromatic nitrogens is 2. The van der Waals surface area contributed by atoms with Gasteiger partial charge in [0, 0.05) is 7.05 Å². The maximum absolute atomic E-state index is 12.9. The van der Waals surface area contributed by atoms with Gasteiger partial charge in [-0.2, -0.15) is 0 Å². The van der Waals surface area contributed by atoms with E-state index in [-0.39, 0.29) is 0 Å². The van der Waals surface area contributed by atoms with Crippen molar-refractivity contribution in [3.63, 3.8) is 0 Å². The molecule has 25 heavy (non-hydrogen) atoms. The Labute approximate surface area is 144 Å². The van der Waals surface area contributed by atoms with E-state index in [1.54, 1.807) is 10.6 Å². The van der Waals surface area contributed by atoms with Crippen LogP contribution in [0.25, 0.3) is 0 Å². The second kappa shape index (κ2) is 5.83. The average molecular weight is 346 g/mol. The van der Waals surface area contributed by atoms with Crippen LogP contribution in [0.2, 0.25) is 0 Å². The minimum atomic E-state index is -0.771. The minimum absolute atomic E-state index is 0.354. The number of rotatable bonds is 4. The van der Waals surface area contributed by atoms with E-state index in [1.807, 2.05) is 18.4 Å². The molecule has 2 aliphatic rings. The normalized spacial score (nSPS) is 18.9. The van der Waals surface area contributed by atoms with Gasteiger partial charge in [0.25, 0.3) is 5.91 Å². The number of fused-ring (bicyclic) bond motifs is 3. The third-order valence-corrected chi connectivity index (χ3v) is 4.65. The van der Waals surface area contributed by atoms with Gasteiger partial charge in [0.2, 0.25) is 11.9 Å². The number of hydrogen-bond donors (Lipinski definition) is 0. The number of likely N-dealkylation sites (N-methyl/N-ethyl adjacent to an activating group) is 1. The fraction of sp³-hybridized carbons (Fsp3) is 0.438. The fourth-order valence-electron chi connectivity index (χ4n) is 3.19. The van der Waals surface area contributed by atoms with Crippen LogP contribution in [0.15, 0.2) is 17.6 Å². The third kappa shape index (κ3) is 2.26. The van der Waals surface area contributed by atoms with Crippen molar-refractivity contribution in [3.05, 3.63) is 24.0 Å². The molecular weight excluding hydrogens is 326 g/mol. The first-order valence-corrected chi connectivity index (χ1v) is 7.80. The minimum Gasteiger partial charge on any atom is -0.468 e. The number of aliphatic imine (C=N–C) groups is 1. The summed E-state index contributed by atoms with van der Waals surface area (Å²) in [5.74, 6) is -0.208. The molecule has 0 aliphatic carbocycles. The number of carbonyl (C=O) groups excluding carboxylic acids is 3. The van der Waals surface area contributed by atoms with Gasteiger partial charge >= 0.3 is 17.9 Å². The van der Waals surface area contributed by atoms with Crippen molar-refractivity contribution < 1.29 is 23.7 Å². The lowest BCUT2D eigenvalue weighted by atomic mass is 10.1. The zero-order chi connectivity index (χ0) is 18.5. The molecule has 9 heteroatoms. The highest BCUT2D eigenvalue weighted by Gasteiger charge is 2.54. The lowest BCUT2D eigenvalue weighted by molar-refractivity contribution is -0.679. The second-order valence-corrected chi connectivity index (χ2v) is 5.95. The van der Waals surface area contributed by atoms with Gasteiger partial charge in [-0.1, -0.05) is 17.6 Å². The highest BCUT2D eigenvalue weighted by Crippen LogP contribution is 2.35. The predicted molar refractivity (Wildman–Crippen MR) is 87.3 cm³/mol. The van der Waals surface area contributed by atoms with Crippen molar-refractivity contribution in [3.8, 4) is 0 Å². The van der Waals surface area contributed by atoms with Crippen LogP contribution in [0.1, 0.15) is 17.4 Å². The van der Waals surface area contributed by atoms with E-state index in [9.17, 15) is 14.4 Å². The largest absolute Gasteiger partial charge is 0.468 e. The number of imidazole rings is 1. The van der Waals surface area contributed by atoms with E-state index in [1.165, 1.54) is 19.1 Å². The molecule has 0 aromatic carbocycles. The molecule has 1 saturated heterocycles. The van der Waals surface area contributed by atoms with Gasteiger partial charge in [0.1, 0.15) is 17.9 Å². The molecule has 1 atom stereocenters. The van der Waals surface area contributed by atoms with E-state index in [4.69, 9.17) is 0 Å². The Morgan fingerprint density at radius 3 is 2.68 bits per heavy atom. The molecule has 0 saturated carbocycles. The summed E-state index contributed by atoms with van der Waals surface area (Å²) >= 11 is 0. The molecule has 2 aliphatic heterocycles. The van der Waals surface area contributed by atoms with Gasteiger partial charge in [0.05, 0.1) is 13.7 Å². The molecule has 1 unspecified atom stereocenters. The number of hydrogen-bond acceptors (Lipinski definition) is 5. The number of urea groups is 1. The molecule has 0 bridgehead atoms. The number of amidine groups is 1. The van der Waals surface area contributed by atoms with Gasteiger partial charge in [-0.3, -0.25) is 14.5 Å². The predicted octanol–water partition coefficient (Wildman–Crippen LogP) is 0.230. The monoisotopic (exact) mass is 346 g/mol. The van der Waals surface area contributed by atoms with Gasteiger partial charge in [-0.25, -0.2) is 18.8 Å². The van der Waals surface area contributed by atoms with E-state index in [2.05, 4.69) is 16.3 Å². The maximum atomic E-state index is 12.9. The Morgan fingerprint density at radius 2 is 2.08 bits per heavy atom. The SMILES string of the molecule is C=CC[n+]1c(C)c(C)n2c1N=C1C2C(=O)N(CC(=O)OC)C(=O)N1C. The molecule has 3 rings (SSSR count). The number of allylic oxidation sites excluding steroid dienone is 1. The second-order valence-electron chi connectivity index (χ2n) is 5.95. The topological polar surface area (TPSA) is 88.1 Å². The maximum Gasteiger partial charge on any atom is 0.402 e. The van der Waals surface area contributed by atoms with Gasteiger partial charge in [0.15, 0.2) is 0 Å². The number of carbonyl (C=O) groups is 3. The molecule has 1 aromatic heterocycles. The van der Waals surface area contributed by atoms with Crippen molar-refractivity contribution in [2.75, 3.05) is 20.7 Å². The Bertz CT molecular complexity index is 838. The van der Waals surface area contributed by atoms with Gasteiger partial charge < -0.3 is 4.74 Å². The molecule has 1 aromatic rings. The zero-order valence-electron chi connectivity index (χ0n) is 14.6. The molecule has 3 heterocycles. The van der Waals surface area contributed by atoms with Crippen LogP contribution in [0.4, 0.5) is 10.7 Å². The lowest BCUT2D eigenvalue weighted by Gasteiger charge is -2.32. The van der Waals surface area contributed by atoms with Crippen molar-refractivity contribution >= 4 is 29.7 Å². The Morgan fingerprint density at radius 1 is 1.40 bits per heavy atom. The van der Waals surface area contributed by atoms with Gasteiger partial charge in [-0.15, -0.1) is 0 Å². The summed E-state index contributed by atoms with van der Waals surface area (Å²) in [5, 5.41) is 0. The third-order valence-electron chi connectivity index (χ3n) is 4.65. The Balaban J connectivity index is 2.11. The quantitative estimate of drug-likeness (QED) is 0.444. The summed E-state index contributed by atoms with van der Waals surface area (Å²) in [7, 11) is 2.75. The number of nitrogens with zero attached hydrogens (tertiary/aromatic N) is 5. The fourth-order valence-corrected chi connectivity index (χ4v) is 3.19. The van der Waals surface area contributed by atoms with Gasteiger partial charge in [-0.05, 0) is 13.8 Å². The first kappa shape index (κ1) is 16.9. The highest BCUT2D eigenvalue weighted by molar-refractivity contribution is 6.21. The zero-order valence-corrected chi connectivity index (χ0v) is 14.6. The summed E-state index contributed by atoms with van der Waals surface area (Å²) in [4.78, 5) is 43.7. The van der Waals surface area contributed by atoms with E-state index in [0.29, 0.717) is 18.3 Å². The summed E-state index contributed by atoms with van der Waals surface area (Å²) in [6.07, 6.45) is 1.75. The lowest BCUT2D eigenvalue weighted by Crippen LogP contribution is -2.58. The van der Waals surface area contributed by atoms with E-state index >= 15 is 0 Å². The smallest absolute Gasteiger partial charge is 0.402 e. The Kier molecular flexibility index (Phi) is 3.94. The summed E-state index contributed by atoms with van der Waals surface area (Å²) in [5.41, 5.74) is 1.83. The van der Waals surface area contributed by atoms with Crippen LogP contribution in [0.5, 0.6) is 0 Å². The van der Waals surface area contributed by atoms with Crippen molar-refractivity contribution in [2.45, 2.75) is 26.4 Å². The molecule has 0 radical (unpaired) electrons.